The minimum Gasteiger partial charge on any atom is -0.493 e. The van der Waals surface area contributed by atoms with Crippen molar-refractivity contribution in [2.45, 2.75) is 39.2 Å². The average Bonchev–Trinajstić information content (AvgIpc) is 3.57. The van der Waals surface area contributed by atoms with Crippen molar-refractivity contribution in [1.82, 2.24) is 9.80 Å². The van der Waals surface area contributed by atoms with Crippen LogP contribution in [0.1, 0.15) is 38.2 Å². The summed E-state index contributed by atoms with van der Waals surface area (Å²) in [7, 11) is 3.25. The van der Waals surface area contributed by atoms with Crippen LogP contribution in [0.4, 0.5) is 0 Å². The molecule has 1 aliphatic carbocycles. The molecule has 7 heteroatoms. The number of rotatable bonds is 12. The Labute approximate surface area is 180 Å². The lowest BCUT2D eigenvalue weighted by Gasteiger charge is -2.35. The maximum Gasteiger partial charge on any atom is 0.305 e. The number of nitrogens with zero attached hydrogens (tertiary/aromatic N) is 2. The van der Waals surface area contributed by atoms with Crippen molar-refractivity contribution in [3.63, 3.8) is 0 Å². The maximum atomic E-state index is 11.6. The van der Waals surface area contributed by atoms with Gasteiger partial charge in [0.2, 0.25) is 5.75 Å². The summed E-state index contributed by atoms with van der Waals surface area (Å²) in [6, 6.07) is 3.99. The van der Waals surface area contributed by atoms with E-state index in [1.54, 1.807) is 14.2 Å². The Kier molecular flexibility index (Phi) is 8.63. The largest absolute Gasteiger partial charge is 0.493 e. The molecule has 1 aromatic rings. The number of piperazine rings is 1. The summed E-state index contributed by atoms with van der Waals surface area (Å²) in [6.07, 6.45) is 3.75. The predicted molar refractivity (Wildman–Crippen MR) is 115 cm³/mol. The second-order valence-electron chi connectivity index (χ2n) is 8.07. The number of benzene rings is 1. The minimum absolute atomic E-state index is 0.192. The molecule has 2 aliphatic rings. The molecule has 1 saturated heterocycles. The zero-order chi connectivity index (χ0) is 21.3. The molecule has 0 radical (unpaired) electrons. The summed E-state index contributed by atoms with van der Waals surface area (Å²) >= 11 is 0. The van der Waals surface area contributed by atoms with Crippen molar-refractivity contribution in [3.8, 4) is 17.2 Å². The Hall–Kier alpha value is -1.99. The number of hydrogen-bond donors (Lipinski definition) is 0. The van der Waals surface area contributed by atoms with E-state index in [2.05, 4.69) is 15.9 Å². The first-order chi connectivity index (χ1) is 14.6. The Morgan fingerprint density at radius 1 is 1.03 bits per heavy atom. The van der Waals surface area contributed by atoms with E-state index in [4.69, 9.17) is 18.9 Å². The van der Waals surface area contributed by atoms with Gasteiger partial charge in [0.1, 0.15) is 0 Å². The zero-order valence-corrected chi connectivity index (χ0v) is 18.7. The number of carbonyl (C=O) groups is 1. The van der Waals surface area contributed by atoms with Gasteiger partial charge in [0, 0.05) is 51.3 Å². The van der Waals surface area contributed by atoms with E-state index in [0.29, 0.717) is 43.3 Å². The van der Waals surface area contributed by atoms with Crippen LogP contribution in [-0.4, -0.2) is 75.9 Å². The third kappa shape index (κ3) is 6.51. The van der Waals surface area contributed by atoms with Gasteiger partial charge in [-0.1, -0.05) is 6.07 Å². The second kappa shape index (κ2) is 11.4. The highest BCUT2D eigenvalue weighted by Gasteiger charge is 2.27. The first-order valence-electron chi connectivity index (χ1n) is 11.1. The molecule has 3 rings (SSSR count). The molecular weight excluding hydrogens is 384 g/mol. The van der Waals surface area contributed by atoms with E-state index < -0.39 is 0 Å². The lowest BCUT2D eigenvalue weighted by Crippen LogP contribution is -2.46. The molecule has 0 atom stereocenters. The van der Waals surface area contributed by atoms with Gasteiger partial charge in [0.25, 0.3) is 0 Å². The molecule has 1 aromatic carbocycles. The van der Waals surface area contributed by atoms with Gasteiger partial charge in [0.05, 0.1) is 27.4 Å². The third-order valence-corrected chi connectivity index (χ3v) is 5.73. The second-order valence-corrected chi connectivity index (χ2v) is 8.07. The van der Waals surface area contributed by atoms with Crippen molar-refractivity contribution in [2.24, 2.45) is 5.92 Å². The van der Waals surface area contributed by atoms with E-state index in [1.165, 1.54) is 19.4 Å². The van der Waals surface area contributed by atoms with Crippen LogP contribution in [0.5, 0.6) is 17.2 Å². The van der Waals surface area contributed by atoms with Crippen LogP contribution in [0.3, 0.4) is 0 Å². The molecule has 0 unspecified atom stereocenters. The molecule has 0 spiro atoms. The summed E-state index contributed by atoms with van der Waals surface area (Å²) < 4.78 is 22.2. The van der Waals surface area contributed by atoms with Gasteiger partial charge in [-0.15, -0.1) is 0 Å². The first kappa shape index (κ1) is 22.7. The van der Waals surface area contributed by atoms with E-state index in [9.17, 15) is 4.79 Å². The Morgan fingerprint density at radius 3 is 2.40 bits per heavy atom. The van der Waals surface area contributed by atoms with Gasteiger partial charge in [-0.3, -0.25) is 9.69 Å². The van der Waals surface area contributed by atoms with Crippen LogP contribution < -0.4 is 14.2 Å². The van der Waals surface area contributed by atoms with Crippen LogP contribution in [0.25, 0.3) is 0 Å². The van der Waals surface area contributed by atoms with Crippen molar-refractivity contribution in [1.29, 1.82) is 0 Å². The summed E-state index contributed by atoms with van der Waals surface area (Å²) in [5.41, 5.74) is 1.08. The van der Waals surface area contributed by atoms with Gasteiger partial charge >= 0.3 is 5.97 Å². The van der Waals surface area contributed by atoms with E-state index in [0.717, 1.165) is 44.2 Å². The summed E-state index contributed by atoms with van der Waals surface area (Å²) in [4.78, 5) is 16.6. The number of methoxy groups -OCH3 is 2. The van der Waals surface area contributed by atoms with Crippen molar-refractivity contribution >= 4 is 5.97 Å². The number of hydrogen-bond acceptors (Lipinski definition) is 7. The van der Waals surface area contributed by atoms with Crippen LogP contribution >= 0.6 is 0 Å². The third-order valence-electron chi connectivity index (χ3n) is 5.73. The molecule has 30 heavy (non-hydrogen) atoms. The quantitative estimate of drug-likeness (QED) is 0.381. The molecule has 7 nitrogen and oxygen atoms in total. The smallest absolute Gasteiger partial charge is 0.305 e. The normalized spacial score (nSPS) is 17.6. The molecule has 0 amide bonds. The van der Waals surface area contributed by atoms with Gasteiger partial charge < -0.3 is 23.8 Å². The monoisotopic (exact) mass is 420 g/mol. The molecular formula is C23H36N2O5. The highest BCUT2D eigenvalue weighted by molar-refractivity contribution is 5.69. The van der Waals surface area contributed by atoms with Crippen LogP contribution in [0.15, 0.2) is 12.1 Å². The van der Waals surface area contributed by atoms with Crippen LogP contribution in [-0.2, 0) is 16.1 Å². The fourth-order valence-electron chi connectivity index (χ4n) is 3.88. The molecule has 0 aromatic heterocycles. The fourth-order valence-corrected chi connectivity index (χ4v) is 3.88. The van der Waals surface area contributed by atoms with Gasteiger partial charge in [0.15, 0.2) is 11.5 Å². The molecule has 0 bridgehead atoms. The van der Waals surface area contributed by atoms with Crippen LogP contribution in [0.2, 0.25) is 0 Å². The molecule has 0 N–H and O–H groups in total. The van der Waals surface area contributed by atoms with E-state index in [1.807, 2.05) is 13.0 Å². The van der Waals surface area contributed by atoms with Crippen molar-refractivity contribution in [2.75, 3.05) is 60.2 Å². The first-order valence-corrected chi connectivity index (χ1v) is 11.1. The van der Waals surface area contributed by atoms with Crippen molar-refractivity contribution in [3.05, 3.63) is 17.7 Å². The highest BCUT2D eigenvalue weighted by Crippen LogP contribution is 2.40. The Balaban J connectivity index is 1.60. The van der Waals surface area contributed by atoms with Crippen molar-refractivity contribution < 1.29 is 23.7 Å². The molecule has 2 fully saturated rings. The molecule has 1 heterocycles. The number of carbonyl (C=O) groups excluding carboxylic acids is 1. The number of esters is 1. The topological polar surface area (TPSA) is 60.5 Å². The molecule has 168 valence electrons. The SMILES string of the molecule is CCOC(=O)CCCOc1c(CN2CCN(CC3CC3)CC2)ccc(OC)c1OC. The average molecular weight is 421 g/mol. The zero-order valence-electron chi connectivity index (χ0n) is 18.7. The van der Waals surface area contributed by atoms with Gasteiger partial charge in [-0.25, -0.2) is 0 Å². The molecule has 1 aliphatic heterocycles. The highest BCUT2D eigenvalue weighted by atomic mass is 16.5. The number of ether oxygens (including phenoxy) is 4. The lowest BCUT2D eigenvalue weighted by molar-refractivity contribution is -0.143. The van der Waals surface area contributed by atoms with Gasteiger partial charge in [-0.05, 0) is 38.2 Å². The lowest BCUT2D eigenvalue weighted by atomic mass is 10.1. The molecule has 1 saturated carbocycles. The summed E-state index contributed by atoms with van der Waals surface area (Å²) in [6.45, 7) is 9.08. The van der Waals surface area contributed by atoms with Gasteiger partial charge in [-0.2, -0.15) is 0 Å². The van der Waals surface area contributed by atoms with Crippen LogP contribution in [0, 0.1) is 5.92 Å². The summed E-state index contributed by atoms with van der Waals surface area (Å²) in [5.74, 6) is 2.72. The summed E-state index contributed by atoms with van der Waals surface area (Å²) in [5, 5.41) is 0. The predicted octanol–water partition coefficient (Wildman–Crippen LogP) is 2.95. The maximum absolute atomic E-state index is 11.6. The Bertz CT molecular complexity index is 684. The standard InChI is InChI=1S/C23H36N2O5/c1-4-29-21(26)6-5-15-30-22-19(9-10-20(27-2)23(22)28-3)17-25-13-11-24(12-14-25)16-18-7-8-18/h9-10,18H,4-8,11-17H2,1-3H3. The Morgan fingerprint density at radius 2 is 1.77 bits per heavy atom. The van der Waals surface area contributed by atoms with E-state index >= 15 is 0 Å². The minimum atomic E-state index is -0.192. The van der Waals surface area contributed by atoms with E-state index in [-0.39, 0.29) is 5.97 Å². The fraction of sp³-hybridized carbons (Fsp3) is 0.696.